The molecule has 1 amide bonds. The number of fused-ring (bicyclic) bond motifs is 4. The number of nitrogens with zero attached hydrogens (tertiary/aromatic N) is 6. The lowest BCUT2D eigenvalue weighted by Gasteiger charge is -2.18. The van der Waals surface area contributed by atoms with E-state index < -0.39 is 12.1 Å². The summed E-state index contributed by atoms with van der Waals surface area (Å²) in [5.41, 5.74) is 5.26. The van der Waals surface area contributed by atoms with Crippen LogP contribution in [-0.4, -0.2) is 54.6 Å². The lowest BCUT2D eigenvalue weighted by atomic mass is 9.97. The third-order valence-electron chi connectivity index (χ3n) is 6.94. The first-order chi connectivity index (χ1) is 20.3. The number of aliphatic imine (C=N–C) groups is 1. The normalized spacial score (nSPS) is 16.0. The predicted molar refractivity (Wildman–Crippen MR) is 157 cm³/mol. The molecule has 2 N–H and O–H groups in total. The summed E-state index contributed by atoms with van der Waals surface area (Å²) < 4.78 is 12.5. The van der Waals surface area contributed by atoms with Crippen molar-refractivity contribution in [1.29, 1.82) is 0 Å². The van der Waals surface area contributed by atoms with Gasteiger partial charge in [-0.2, -0.15) is 9.97 Å². The van der Waals surface area contributed by atoms with Gasteiger partial charge in [-0.25, -0.2) is 9.98 Å². The summed E-state index contributed by atoms with van der Waals surface area (Å²) in [6.07, 6.45) is 4.77. The molecule has 1 unspecified atom stereocenters. The highest BCUT2D eigenvalue weighted by Gasteiger charge is 2.25. The number of anilines is 1. The maximum absolute atomic E-state index is 11.8. The number of halogens is 2. The van der Waals surface area contributed by atoms with Gasteiger partial charge in [0.1, 0.15) is 5.69 Å². The Labute approximate surface area is 250 Å². The monoisotopic (exact) mass is 605 g/mol. The topological polar surface area (TPSA) is 140 Å². The highest BCUT2D eigenvalue weighted by molar-refractivity contribution is 6.36. The number of nitrogens with one attached hydrogen (secondary N) is 1. The summed E-state index contributed by atoms with van der Waals surface area (Å²) in [5, 5.41) is 17.3. The zero-order valence-corrected chi connectivity index (χ0v) is 24.1. The predicted octanol–water partition coefficient (Wildman–Crippen LogP) is 5.08. The van der Waals surface area contributed by atoms with Crippen molar-refractivity contribution < 1.29 is 19.2 Å². The summed E-state index contributed by atoms with van der Waals surface area (Å²) in [4.78, 5) is 29.1. The molecule has 0 saturated carbocycles. The van der Waals surface area contributed by atoms with Crippen LogP contribution >= 0.6 is 23.2 Å². The van der Waals surface area contributed by atoms with Gasteiger partial charge in [-0.05, 0) is 49.9 Å². The van der Waals surface area contributed by atoms with Gasteiger partial charge in [-0.3, -0.25) is 9.20 Å². The van der Waals surface area contributed by atoms with E-state index in [0.717, 1.165) is 12.8 Å². The van der Waals surface area contributed by atoms with E-state index in [1.54, 1.807) is 56.5 Å². The van der Waals surface area contributed by atoms with Gasteiger partial charge < -0.3 is 19.7 Å². The Bertz CT molecular complexity index is 1850. The number of imidazole rings is 1. The fraction of sp³-hybridized carbons (Fsp3) is 0.241. The number of ether oxygens (including phenoxy) is 1. The van der Waals surface area contributed by atoms with E-state index >= 15 is 0 Å². The average molecular weight is 606 g/mol. The second-order valence-corrected chi connectivity index (χ2v) is 10.5. The quantitative estimate of drug-likeness (QED) is 0.290. The number of hydrogen-bond donors (Lipinski definition) is 2. The van der Waals surface area contributed by atoms with Crippen LogP contribution in [-0.2, 0) is 17.6 Å². The largest absolute Gasteiger partial charge is 0.481 e. The van der Waals surface area contributed by atoms with E-state index in [1.165, 1.54) is 24.1 Å². The zero-order valence-electron chi connectivity index (χ0n) is 22.6. The van der Waals surface area contributed by atoms with Crippen LogP contribution in [0.2, 0.25) is 10.0 Å². The van der Waals surface area contributed by atoms with Crippen LogP contribution in [0.15, 0.2) is 58.2 Å². The minimum absolute atomic E-state index is 0.420. The summed E-state index contributed by atoms with van der Waals surface area (Å²) >= 11 is 12.2. The Morgan fingerprint density at radius 3 is 2.64 bits per heavy atom. The SMILES string of the molecule is COc1nc2nc(-c3noc(C)n3)cn2c2c1CCCC2.O=C1Nc2ccc(Cl)cc2C(c2ccccc2Cl)=NC1O. The van der Waals surface area contributed by atoms with Gasteiger partial charge >= 0.3 is 0 Å². The number of amides is 1. The highest BCUT2D eigenvalue weighted by atomic mass is 35.5. The van der Waals surface area contributed by atoms with Crippen LogP contribution in [0.1, 0.15) is 41.1 Å². The molecule has 7 rings (SSSR count). The van der Waals surface area contributed by atoms with Gasteiger partial charge in [-0.15, -0.1) is 0 Å². The molecule has 0 fully saturated rings. The molecule has 2 aromatic carbocycles. The van der Waals surface area contributed by atoms with Crippen molar-refractivity contribution in [2.24, 2.45) is 4.99 Å². The van der Waals surface area contributed by atoms with Crippen LogP contribution in [0, 0.1) is 6.92 Å². The molecule has 1 atom stereocenters. The van der Waals surface area contributed by atoms with Crippen molar-refractivity contribution in [1.82, 2.24) is 24.5 Å². The molecule has 2 aliphatic rings. The van der Waals surface area contributed by atoms with Crippen LogP contribution < -0.4 is 10.1 Å². The van der Waals surface area contributed by atoms with Gasteiger partial charge in [0.25, 0.3) is 5.91 Å². The molecule has 13 heteroatoms. The summed E-state index contributed by atoms with van der Waals surface area (Å²) in [7, 11) is 1.65. The van der Waals surface area contributed by atoms with Gasteiger partial charge in [0.2, 0.25) is 29.6 Å². The lowest BCUT2D eigenvalue weighted by molar-refractivity contribution is -0.123. The molecule has 1 aliphatic heterocycles. The molecule has 1 aliphatic carbocycles. The Balaban J connectivity index is 0.000000150. The molecular formula is C29H25Cl2N7O4. The summed E-state index contributed by atoms with van der Waals surface area (Å²) in [6, 6.07) is 12.1. The Morgan fingerprint density at radius 1 is 1.07 bits per heavy atom. The van der Waals surface area contributed by atoms with Crippen LogP contribution in [0.25, 0.3) is 17.3 Å². The van der Waals surface area contributed by atoms with Crippen molar-refractivity contribution in [2.75, 3.05) is 12.4 Å². The highest BCUT2D eigenvalue weighted by Crippen LogP contribution is 2.31. The molecule has 3 aromatic heterocycles. The lowest BCUT2D eigenvalue weighted by Crippen LogP contribution is -2.24. The van der Waals surface area contributed by atoms with Crippen molar-refractivity contribution in [3.8, 4) is 17.4 Å². The number of carbonyl (C=O) groups excluding carboxylic acids is 1. The Hall–Kier alpha value is -4.32. The van der Waals surface area contributed by atoms with E-state index in [2.05, 4.69) is 30.4 Å². The molecule has 4 heterocycles. The van der Waals surface area contributed by atoms with Crippen LogP contribution in [0.5, 0.6) is 5.88 Å². The minimum atomic E-state index is -1.50. The summed E-state index contributed by atoms with van der Waals surface area (Å²) in [6.45, 7) is 1.76. The van der Waals surface area contributed by atoms with Crippen LogP contribution in [0.4, 0.5) is 5.69 Å². The number of benzodiazepines with no additional fused rings is 1. The fourth-order valence-electron chi connectivity index (χ4n) is 5.01. The maximum Gasteiger partial charge on any atom is 0.276 e. The molecule has 11 nitrogen and oxygen atoms in total. The van der Waals surface area contributed by atoms with E-state index in [0.29, 0.717) is 61.6 Å². The molecule has 0 radical (unpaired) electrons. The number of carbonyl (C=O) groups is 1. The van der Waals surface area contributed by atoms with E-state index in [9.17, 15) is 9.90 Å². The molecular weight excluding hydrogens is 581 g/mol. The number of methoxy groups -OCH3 is 1. The maximum atomic E-state index is 11.8. The van der Waals surface area contributed by atoms with Gasteiger partial charge in [0, 0.05) is 45.6 Å². The molecule has 0 saturated heterocycles. The van der Waals surface area contributed by atoms with Crippen molar-refractivity contribution in [2.45, 2.75) is 38.8 Å². The molecule has 0 spiro atoms. The number of aliphatic hydroxyl groups is 1. The van der Waals surface area contributed by atoms with Gasteiger partial charge in [0.05, 0.1) is 18.5 Å². The first-order valence-corrected chi connectivity index (χ1v) is 13.9. The second-order valence-electron chi connectivity index (χ2n) is 9.70. The van der Waals surface area contributed by atoms with Crippen molar-refractivity contribution in [3.63, 3.8) is 0 Å². The number of benzene rings is 2. The third-order valence-corrected chi connectivity index (χ3v) is 7.50. The number of aryl methyl sites for hydroxylation is 2. The smallest absolute Gasteiger partial charge is 0.276 e. The number of rotatable bonds is 3. The second kappa shape index (κ2) is 11.5. The van der Waals surface area contributed by atoms with Crippen molar-refractivity contribution >= 4 is 46.3 Å². The molecule has 0 bridgehead atoms. The van der Waals surface area contributed by atoms with Gasteiger partial charge in [-0.1, -0.05) is 46.6 Å². The van der Waals surface area contributed by atoms with E-state index in [4.69, 9.17) is 32.5 Å². The Morgan fingerprint density at radius 2 is 1.88 bits per heavy atom. The minimum Gasteiger partial charge on any atom is -0.481 e. The molecule has 5 aromatic rings. The van der Waals surface area contributed by atoms with E-state index in [-0.39, 0.29) is 0 Å². The van der Waals surface area contributed by atoms with Gasteiger partial charge in [0.15, 0.2) is 0 Å². The zero-order chi connectivity index (χ0) is 29.4. The number of hydrogen-bond acceptors (Lipinski definition) is 9. The van der Waals surface area contributed by atoms with E-state index in [1.807, 2.05) is 10.6 Å². The first-order valence-electron chi connectivity index (χ1n) is 13.2. The van der Waals surface area contributed by atoms with Crippen LogP contribution in [0.3, 0.4) is 0 Å². The molecule has 42 heavy (non-hydrogen) atoms. The summed E-state index contributed by atoms with van der Waals surface area (Å²) in [5.74, 6) is 1.71. The third kappa shape index (κ3) is 5.34. The Kier molecular flexibility index (Phi) is 7.63. The average Bonchev–Trinajstić information content (AvgIpc) is 3.60. The standard InChI is InChI=1S/C15H10Cl2N2O2.C14H15N5O2/c16-8-5-6-12-10(7-8)13(19-15(21)14(20)18-12)9-3-1-2-4-11(9)17;1-8-15-12(18-21-8)10-7-19-11-6-4-3-5-9(11)13(20-2)17-14(19)16-10/h1-7,15,21H,(H,18,20);7H,3-6H2,1-2H3. The van der Waals surface area contributed by atoms with Crippen molar-refractivity contribution in [3.05, 3.63) is 87.0 Å². The molecule has 214 valence electrons. The number of aromatic nitrogens is 5. The number of aliphatic hydroxyl groups excluding tert-OH is 1. The fourth-order valence-corrected chi connectivity index (χ4v) is 5.41. The first kappa shape index (κ1) is 27.8.